The summed E-state index contributed by atoms with van der Waals surface area (Å²) in [6, 6.07) is 18.0. The molecule has 0 spiro atoms. The zero-order valence-corrected chi connectivity index (χ0v) is 18.2. The number of hydrogen-bond acceptors (Lipinski definition) is 8. The summed E-state index contributed by atoms with van der Waals surface area (Å²) in [7, 11) is -4.16. The number of nitro groups is 1. The third-order valence-electron chi connectivity index (χ3n) is 4.87. The van der Waals surface area contributed by atoms with Gasteiger partial charge < -0.3 is 4.18 Å². The van der Waals surface area contributed by atoms with Crippen LogP contribution in [0.1, 0.15) is 5.56 Å². The van der Waals surface area contributed by atoms with E-state index < -0.39 is 15.0 Å². The Kier molecular flexibility index (Phi) is 4.91. The molecule has 0 aliphatic heterocycles. The SMILES string of the molecule is O=c1/c(=C\c2ccc(OS(=O)(=O)c3ccc([N+](=O)[O-])cc3)cc2)sc2nc3ccccc3n12. The van der Waals surface area contributed by atoms with Crippen LogP contribution in [0.5, 0.6) is 5.75 Å². The number of non-ortho nitro benzene ring substituents is 1. The molecule has 0 N–H and O–H groups in total. The Hall–Kier alpha value is -4.09. The molecule has 0 saturated heterocycles. The standard InChI is InChI=1S/C22H13N3O6S2/c26-21-20(32-22-23-18-3-1-2-4-19(18)24(21)22)13-14-5-9-16(10-6-14)31-33(29,30)17-11-7-15(8-12-17)25(27)28/h1-13H/b20-13+. The summed E-state index contributed by atoms with van der Waals surface area (Å²) in [6.07, 6.45) is 1.70. The van der Waals surface area contributed by atoms with Crippen molar-refractivity contribution >= 4 is 49.2 Å². The lowest BCUT2D eigenvalue weighted by molar-refractivity contribution is -0.384. The van der Waals surface area contributed by atoms with Gasteiger partial charge in [0.2, 0.25) is 0 Å². The summed E-state index contributed by atoms with van der Waals surface area (Å²) >= 11 is 1.27. The van der Waals surface area contributed by atoms with Gasteiger partial charge in [-0.3, -0.25) is 14.9 Å². The maximum absolute atomic E-state index is 12.8. The van der Waals surface area contributed by atoms with Crippen molar-refractivity contribution in [2.75, 3.05) is 0 Å². The molecule has 0 unspecified atom stereocenters. The number of benzene rings is 3. The third kappa shape index (κ3) is 3.83. The lowest BCUT2D eigenvalue weighted by Crippen LogP contribution is -2.22. The first-order chi connectivity index (χ1) is 15.8. The zero-order valence-electron chi connectivity index (χ0n) is 16.6. The molecular formula is C22H13N3O6S2. The number of nitrogens with zero attached hydrogens (tertiary/aromatic N) is 3. The molecule has 5 aromatic rings. The van der Waals surface area contributed by atoms with Crippen molar-refractivity contribution in [3.05, 3.63) is 103 Å². The minimum absolute atomic E-state index is 0.0693. The van der Waals surface area contributed by atoms with Gasteiger partial charge in [-0.2, -0.15) is 8.42 Å². The van der Waals surface area contributed by atoms with Gasteiger partial charge in [0.05, 0.1) is 20.5 Å². The van der Waals surface area contributed by atoms with Gasteiger partial charge in [0.25, 0.3) is 11.2 Å². The van der Waals surface area contributed by atoms with Gasteiger partial charge in [0.1, 0.15) is 10.6 Å². The fourth-order valence-electron chi connectivity index (χ4n) is 3.29. The molecule has 0 fully saturated rings. The quantitative estimate of drug-likeness (QED) is 0.216. The maximum atomic E-state index is 12.8. The molecule has 11 heteroatoms. The van der Waals surface area contributed by atoms with E-state index in [2.05, 4.69) is 4.98 Å². The van der Waals surface area contributed by atoms with Crippen LogP contribution in [0.2, 0.25) is 0 Å². The molecule has 0 aliphatic carbocycles. The summed E-state index contributed by atoms with van der Waals surface area (Å²) in [5.41, 5.74) is 1.78. The fraction of sp³-hybridized carbons (Fsp3) is 0. The number of hydrogen-bond donors (Lipinski definition) is 0. The van der Waals surface area contributed by atoms with Gasteiger partial charge >= 0.3 is 10.1 Å². The van der Waals surface area contributed by atoms with Crippen LogP contribution in [0, 0.1) is 10.1 Å². The van der Waals surface area contributed by atoms with Crippen LogP contribution in [-0.2, 0) is 10.1 Å². The third-order valence-corrected chi connectivity index (χ3v) is 7.10. The number of nitro benzene ring substituents is 1. The molecule has 0 amide bonds. The van der Waals surface area contributed by atoms with Crippen LogP contribution < -0.4 is 14.3 Å². The Morgan fingerprint density at radius 3 is 2.39 bits per heavy atom. The van der Waals surface area contributed by atoms with Crippen molar-refractivity contribution in [1.29, 1.82) is 0 Å². The molecule has 0 bridgehead atoms. The highest BCUT2D eigenvalue weighted by Gasteiger charge is 2.18. The molecule has 5 rings (SSSR count). The normalized spacial score (nSPS) is 12.4. The van der Waals surface area contributed by atoms with Crippen molar-refractivity contribution in [3.8, 4) is 5.75 Å². The number of fused-ring (bicyclic) bond motifs is 3. The molecule has 164 valence electrons. The second-order valence-electron chi connectivity index (χ2n) is 6.99. The van der Waals surface area contributed by atoms with Crippen molar-refractivity contribution in [2.24, 2.45) is 0 Å². The van der Waals surface area contributed by atoms with E-state index in [1.807, 2.05) is 24.3 Å². The molecule has 2 heterocycles. The Morgan fingerprint density at radius 1 is 1.00 bits per heavy atom. The van der Waals surface area contributed by atoms with Gasteiger partial charge in [0.15, 0.2) is 4.96 Å². The van der Waals surface area contributed by atoms with Crippen LogP contribution >= 0.6 is 11.3 Å². The van der Waals surface area contributed by atoms with Crippen LogP contribution in [0.4, 0.5) is 5.69 Å². The largest absolute Gasteiger partial charge is 0.379 e. The summed E-state index contributed by atoms with van der Waals surface area (Å²) in [4.78, 5) is 27.8. The Labute approximate surface area is 190 Å². The van der Waals surface area contributed by atoms with Gasteiger partial charge in [-0.25, -0.2) is 9.38 Å². The monoisotopic (exact) mass is 479 g/mol. The highest BCUT2D eigenvalue weighted by molar-refractivity contribution is 7.87. The van der Waals surface area contributed by atoms with Crippen LogP contribution in [0.25, 0.3) is 22.1 Å². The van der Waals surface area contributed by atoms with Gasteiger partial charge in [-0.05, 0) is 48.0 Å². The Bertz CT molecular complexity index is 1740. The highest BCUT2D eigenvalue weighted by atomic mass is 32.2. The number of thiazole rings is 1. The van der Waals surface area contributed by atoms with E-state index in [-0.39, 0.29) is 21.9 Å². The number of aromatic nitrogens is 2. The van der Waals surface area contributed by atoms with E-state index in [0.717, 1.165) is 35.3 Å². The van der Waals surface area contributed by atoms with E-state index in [4.69, 9.17) is 4.18 Å². The average molecular weight is 479 g/mol. The second-order valence-corrected chi connectivity index (χ2v) is 9.55. The van der Waals surface area contributed by atoms with E-state index in [1.54, 1.807) is 22.6 Å². The van der Waals surface area contributed by atoms with Crippen molar-refractivity contribution in [3.63, 3.8) is 0 Å². The zero-order chi connectivity index (χ0) is 23.2. The summed E-state index contributed by atoms with van der Waals surface area (Å²) in [5, 5.41) is 10.7. The summed E-state index contributed by atoms with van der Waals surface area (Å²) < 4.78 is 32.0. The van der Waals surface area contributed by atoms with E-state index in [9.17, 15) is 23.3 Å². The highest BCUT2D eigenvalue weighted by Crippen LogP contribution is 2.22. The first-order valence-electron chi connectivity index (χ1n) is 9.52. The first-order valence-corrected chi connectivity index (χ1v) is 11.7. The summed E-state index contributed by atoms with van der Waals surface area (Å²) in [6.45, 7) is 0. The molecule has 9 nitrogen and oxygen atoms in total. The fourth-order valence-corrected chi connectivity index (χ4v) is 5.21. The Balaban J connectivity index is 1.42. The second kappa shape index (κ2) is 7.80. The molecule has 0 aliphatic rings. The van der Waals surface area contributed by atoms with Gasteiger partial charge in [0, 0.05) is 12.1 Å². The molecular weight excluding hydrogens is 466 g/mol. The van der Waals surface area contributed by atoms with E-state index >= 15 is 0 Å². The molecule has 0 saturated carbocycles. The first kappa shape index (κ1) is 20.8. The van der Waals surface area contributed by atoms with Gasteiger partial charge in [-0.1, -0.05) is 35.6 Å². The van der Waals surface area contributed by atoms with E-state index in [0.29, 0.717) is 15.1 Å². The lowest BCUT2D eigenvalue weighted by atomic mass is 10.2. The van der Waals surface area contributed by atoms with Crippen LogP contribution in [0.15, 0.2) is 82.5 Å². The maximum Gasteiger partial charge on any atom is 0.339 e. The number of imidazole rings is 1. The Morgan fingerprint density at radius 2 is 1.70 bits per heavy atom. The minimum atomic E-state index is -4.16. The topological polar surface area (TPSA) is 121 Å². The van der Waals surface area contributed by atoms with Crippen molar-refractivity contribution in [1.82, 2.24) is 9.38 Å². The number of para-hydroxylation sites is 2. The molecule has 0 atom stereocenters. The molecule has 33 heavy (non-hydrogen) atoms. The van der Waals surface area contributed by atoms with Crippen molar-refractivity contribution < 1.29 is 17.5 Å². The lowest BCUT2D eigenvalue weighted by Gasteiger charge is -2.07. The van der Waals surface area contributed by atoms with Crippen molar-refractivity contribution in [2.45, 2.75) is 4.90 Å². The predicted octanol–water partition coefficient (Wildman–Crippen LogP) is 3.13. The minimum Gasteiger partial charge on any atom is -0.379 e. The van der Waals surface area contributed by atoms with Gasteiger partial charge in [-0.15, -0.1) is 0 Å². The van der Waals surface area contributed by atoms with E-state index in [1.165, 1.54) is 23.5 Å². The smallest absolute Gasteiger partial charge is 0.339 e. The molecule has 0 radical (unpaired) electrons. The number of rotatable bonds is 5. The average Bonchev–Trinajstić information content (AvgIpc) is 3.31. The molecule has 3 aromatic carbocycles. The van der Waals surface area contributed by atoms with Crippen LogP contribution in [0.3, 0.4) is 0 Å². The molecule has 2 aromatic heterocycles. The predicted molar refractivity (Wildman–Crippen MR) is 123 cm³/mol. The van der Waals surface area contributed by atoms with Crippen LogP contribution in [-0.4, -0.2) is 22.7 Å². The summed E-state index contributed by atoms with van der Waals surface area (Å²) in [5.74, 6) is 0.0693.